The number of pyridine rings is 1. The molecule has 9 nitrogen and oxygen atoms in total. The molecule has 0 saturated carbocycles. The Bertz CT molecular complexity index is 1680. The Hall–Kier alpha value is -4.41. The number of sulfonamides is 1. The van der Waals surface area contributed by atoms with Gasteiger partial charge in [0.15, 0.2) is 5.84 Å². The maximum atomic E-state index is 14.0. The zero-order valence-corrected chi connectivity index (χ0v) is 19.7. The first-order valence-electron chi connectivity index (χ1n) is 11.3. The molecule has 10 heteroatoms. The Balaban J connectivity index is 1.58. The van der Waals surface area contributed by atoms with E-state index in [0.29, 0.717) is 17.1 Å². The predicted octanol–water partition coefficient (Wildman–Crippen LogP) is 3.32. The number of aromatic nitrogens is 1. The van der Waals surface area contributed by atoms with E-state index < -0.39 is 15.6 Å². The third-order valence-electron chi connectivity index (χ3n) is 6.20. The van der Waals surface area contributed by atoms with Crippen molar-refractivity contribution in [1.29, 1.82) is 0 Å². The molecule has 0 unspecified atom stereocenters. The minimum absolute atomic E-state index is 0.0101. The van der Waals surface area contributed by atoms with Crippen molar-refractivity contribution in [2.45, 2.75) is 18.0 Å². The number of anilines is 3. The first-order valence-corrected chi connectivity index (χ1v) is 12.7. The van der Waals surface area contributed by atoms with E-state index in [1.165, 1.54) is 10.6 Å². The Morgan fingerprint density at radius 1 is 0.917 bits per heavy atom. The summed E-state index contributed by atoms with van der Waals surface area (Å²) in [5.74, 6) is -0.0407. The zero-order chi connectivity index (χ0) is 24.9. The maximum Gasteiger partial charge on any atom is 0.286 e. The Morgan fingerprint density at radius 2 is 1.58 bits per heavy atom. The number of aromatic hydroxyl groups is 1. The van der Waals surface area contributed by atoms with Crippen LogP contribution in [0.25, 0.3) is 0 Å². The molecule has 3 aromatic carbocycles. The van der Waals surface area contributed by atoms with Crippen molar-refractivity contribution < 1.29 is 13.5 Å². The highest BCUT2D eigenvalue weighted by molar-refractivity contribution is 7.90. The molecule has 180 valence electrons. The van der Waals surface area contributed by atoms with Crippen LogP contribution in [0.3, 0.4) is 0 Å². The molecule has 0 saturated heterocycles. The first kappa shape index (κ1) is 22.1. The molecule has 0 amide bonds. The minimum Gasteiger partial charge on any atom is -0.506 e. The molecule has 4 aromatic rings. The fourth-order valence-corrected chi connectivity index (χ4v) is 5.67. The van der Waals surface area contributed by atoms with Crippen LogP contribution in [-0.2, 0) is 23.1 Å². The van der Waals surface area contributed by atoms with Gasteiger partial charge in [-0.25, -0.2) is 5.43 Å². The van der Waals surface area contributed by atoms with Crippen LogP contribution < -0.4 is 21.3 Å². The molecule has 36 heavy (non-hydrogen) atoms. The summed E-state index contributed by atoms with van der Waals surface area (Å²) in [6, 6.07) is 25.2. The number of hydrogen-bond acceptors (Lipinski definition) is 7. The third kappa shape index (κ3) is 3.55. The van der Waals surface area contributed by atoms with E-state index in [1.807, 2.05) is 60.7 Å². The lowest BCUT2D eigenvalue weighted by Crippen LogP contribution is -2.36. The van der Waals surface area contributed by atoms with Crippen LogP contribution in [0, 0.1) is 0 Å². The molecule has 0 aliphatic carbocycles. The van der Waals surface area contributed by atoms with E-state index in [9.17, 15) is 18.3 Å². The second kappa shape index (κ2) is 8.36. The zero-order valence-electron chi connectivity index (χ0n) is 18.9. The average Bonchev–Trinajstić information content (AvgIpc) is 3.33. The van der Waals surface area contributed by atoms with Gasteiger partial charge in [0.1, 0.15) is 22.0 Å². The van der Waals surface area contributed by atoms with Crippen LogP contribution in [0.1, 0.15) is 16.7 Å². The van der Waals surface area contributed by atoms with E-state index in [-0.39, 0.29) is 35.1 Å². The first-order chi connectivity index (χ1) is 17.4. The fourth-order valence-electron chi connectivity index (χ4n) is 4.54. The lowest BCUT2D eigenvalue weighted by atomic mass is 10.1. The summed E-state index contributed by atoms with van der Waals surface area (Å²) in [7, 11) is -4.07. The van der Waals surface area contributed by atoms with Crippen LogP contribution in [-0.4, -0.2) is 23.9 Å². The summed E-state index contributed by atoms with van der Waals surface area (Å²) in [5.41, 5.74) is 4.88. The van der Waals surface area contributed by atoms with Crippen molar-refractivity contribution in [3.8, 4) is 5.75 Å². The summed E-state index contributed by atoms with van der Waals surface area (Å²) in [6.07, 6.45) is 0. The topological polar surface area (TPSA) is 116 Å². The third-order valence-corrected chi connectivity index (χ3v) is 7.53. The van der Waals surface area contributed by atoms with E-state index in [0.717, 1.165) is 11.3 Å². The van der Waals surface area contributed by atoms with Gasteiger partial charge in [-0.05, 0) is 29.8 Å². The number of rotatable bonds is 4. The largest absolute Gasteiger partial charge is 0.506 e. The highest BCUT2D eigenvalue weighted by Crippen LogP contribution is 2.38. The van der Waals surface area contributed by atoms with Crippen molar-refractivity contribution in [3.63, 3.8) is 0 Å². The minimum atomic E-state index is -4.07. The summed E-state index contributed by atoms with van der Waals surface area (Å²) in [4.78, 5) is 14.0. The molecule has 2 aliphatic heterocycles. The van der Waals surface area contributed by atoms with E-state index in [4.69, 9.17) is 0 Å². The van der Waals surface area contributed by atoms with Gasteiger partial charge < -0.3 is 10.4 Å². The van der Waals surface area contributed by atoms with E-state index in [2.05, 4.69) is 15.1 Å². The van der Waals surface area contributed by atoms with Gasteiger partial charge in [0.05, 0.1) is 23.5 Å². The van der Waals surface area contributed by atoms with Gasteiger partial charge in [0.2, 0.25) is 0 Å². The van der Waals surface area contributed by atoms with Gasteiger partial charge in [-0.2, -0.15) is 8.42 Å². The van der Waals surface area contributed by atoms with E-state index >= 15 is 0 Å². The lowest BCUT2D eigenvalue weighted by Gasteiger charge is -2.25. The molecular formula is C26H21N5O4S. The van der Waals surface area contributed by atoms with Gasteiger partial charge in [-0.1, -0.05) is 60.7 Å². The summed E-state index contributed by atoms with van der Waals surface area (Å²) >= 11 is 0. The van der Waals surface area contributed by atoms with Crippen LogP contribution in [0.4, 0.5) is 17.2 Å². The number of hydrogen-bond donors (Lipinski definition) is 3. The molecule has 0 atom stereocenters. The monoisotopic (exact) mass is 499 g/mol. The smallest absolute Gasteiger partial charge is 0.286 e. The standard InChI is InChI=1S/C26H21N5O4S/c32-23-19-15-27-31(18-11-5-2-6-12-18)25(19)30(16-17-9-3-1-4-10-17)26(33)22(23)24-28-20-13-7-8-14-21(20)36(34,35)29-24/h1-14,27,32H,15-16H2,(H,28,29). The number of para-hydroxylation sites is 2. The SMILES string of the molecule is O=c1c(C2=NS(=O)(=O)c3ccccc3N2)c(O)c2c(n1Cc1ccccc1)N(c1ccccc1)NC2. The van der Waals surface area contributed by atoms with Crippen molar-refractivity contribution in [1.82, 2.24) is 9.99 Å². The number of fused-ring (bicyclic) bond motifs is 2. The lowest BCUT2D eigenvalue weighted by molar-refractivity contribution is 0.464. The molecule has 0 spiro atoms. The summed E-state index contributed by atoms with van der Waals surface area (Å²) in [5, 5.41) is 16.0. The van der Waals surface area contributed by atoms with Gasteiger partial charge >= 0.3 is 0 Å². The molecular weight excluding hydrogens is 478 g/mol. The van der Waals surface area contributed by atoms with Crippen molar-refractivity contribution in [3.05, 3.63) is 112 Å². The second-order valence-electron chi connectivity index (χ2n) is 8.44. The number of hydrazine groups is 1. The maximum absolute atomic E-state index is 14.0. The van der Waals surface area contributed by atoms with Crippen LogP contribution >= 0.6 is 0 Å². The summed E-state index contributed by atoms with van der Waals surface area (Å²) < 4.78 is 31.2. The Kier molecular flexibility index (Phi) is 5.13. The van der Waals surface area contributed by atoms with Crippen LogP contribution in [0.2, 0.25) is 0 Å². The Labute approximate surface area is 207 Å². The Morgan fingerprint density at radius 3 is 2.33 bits per heavy atom. The van der Waals surface area contributed by atoms with E-state index in [1.54, 1.807) is 23.2 Å². The molecule has 6 rings (SSSR count). The van der Waals surface area contributed by atoms with Crippen LogP contribution in [0.15, 0.2) is 99.0 Å². The molecule has 0 fully saturated rings. The van der Waals surface area contributed by atoms with Crippen molar-refractivity contribution in [2.24, 2.45) is 4.40 Å². The number of benzene rings is 3. The van der Waals surface area contributed by atoms with Gasteiger partial charge in [-0.3, -0.25) is 14.4 Å². The average molecular weight is 500 g/mol. The molecule has 3 N–H and O–H groups in total. The second-order valence-corrected chi connectivity index (χ2v) is 10.0. The number of amidine groups is 1. The van der Waals surface area contributed by atoms with Crippen molar-refractivity contribution >= 4 is 33.1 Å². The van der Waals surface area contributed by atoms with Gasteiger partial charge in [-0.15, -0.1) is 4.40 Å². The van der Waals surface area contributed by atoms with Crippen molar-refractivity contribution in [2.75, 3.05) is 10.3 Å². The molecule has 2 aliphatic rings. The van der Waals surface area contributed by atoms with Crippen LogP contribution in [0.5, 0.6) is 5.75 Å². The van der Waals surface area contributed by atoms with Gasteiger partial charge in [0, 0.05) is 6.54 Å². The quantitative estimate of drug-likeness (QED) is 0.394. The molecule has 3 heterocycles. The fraction of sp³-hybridized carbons (Fsp3) is 0.0769. The molecule has 0 radical (unpaired) electrons. The number of nitrogens with one attached hydrogen (secondary N) is 2. The molecule has 1 aromatic heterocycles. The highest BCUT2D eigenvalue weighted by atomic mass is 32.2. The highest BCUT2D eigenvalue weighted by Gasteiger charge is 2.35. The predicted molar refractivity (Wildman–Crippen MR) is 137 cm³/mol. The summed E-state index contributed by atoms with van der Waals surface area (Å²) in [6.45, 7) is 0.436. The number of nitrogens with zero attached hydrogens (tertiary/aromatic N) is 3. The van der Waals surface area contributed by atoms with Gasteiger partial charge in [0.25, 0.3) is 15.6 Å². The molecule has 0 bridgehead atoms. The normalized spacial score (nSPS) is 15.6.